The quantitative estimate of drug-likeness (QED) is 0.884. The average molecular weight is 380 g/mol. The third kappa shape index (κ3) is 3.73. The minimum Gasteiger partial charge on any atom is -0.442 e. The number of nitrogens with zero attached hydrogens (tertiary/aromatic N) is 2. The number of hydrogen-bond donors (Lipinski definition) is 1. The lowest BCUT2D eigenvalue weighted by molar-refractivity contribution is 0.0920. The summed E-state index contributed by atoms with van der Waals surface area (Å²) in [6.45, 7) is 0.283. The fraction of sp³-hybridized carbons (Fsp3) is 0.188. The molecule has 2 aromatic rings. The van der Waals surface area contributed by atoms with Crippen molar-refractivity contribution in [2.75, 3.05) is 18.0 Å². The van der Waals surface area contributed by atoms with Gasteiger partial charge in [0, 0.05) is 0 Å². The van der Waals surface area contributed by atoms with E-state index < -0.39 is 18.0 Å². The molecule has 1 aliphatic heterocycles. The normalized spacial score (nSPS) is 16.4. The van der Waals surface area contributed by atoms with Crippen LogP contribution in [0, 0.1) is 17.1 Å². The van der Waals surface area contributed by atoms with Crippen LogP contribution in [0.3, 0.4) is 0 Å². The number of hydrogen-bond acceptors (Lipinski definition) is 5. The van der Waals surface area contributed by atoms with Gasteiger partial charge in [0.25, 0.3) is 5.91 Å². The number of halogens is 2. The summed E-state index contributed by atoms with van der Waals surface area (Å²) in [4.78, 5) is 25.6. The maximum atomic E-state index is 13.7. The molecule has 3 rings (SSSR count). The highest BCUT2D eigenvalue weighted by molar-refractivity contribution is 7.17. The summed E-state index contributed by atoms with van der Waals surface area (Å²) >= 11 is 6.93. The highest BCUT2D eigenvalue weighted by Gasteiger charge is 2.33. The van der Waals surface area contributed by atoms with E-state index in [4.69, 9.17) is 21.6 Å². The number of nitrogens with one attached hydrogen (secondary N) is 1. The van der Waals surface area contributed by atoms with Crippen LogP contribution >= 0.6 is 22.9 Å². The Balaban J connectivity index is 1.62. The molecule has 9 heteroatoms. The Kier molecular flexibility index (Phi) is 4.88. The Morgan fingerprint density at radius 2 is 2.28 bits per heavy atom. The SMILES string of the molecule is N#Cc1ccc(N2C[C@H](CNC(=O)c3ccc(Cl)s3)OC2=O)cc1F. The van der Waals surface area contributed by atoms with Crippen molar-refractivity contribution in [3.8, 4) is 6.07 Å². The van der Waals surface area contributed by atoms with Gasteiger partial charge in [0.1, 0.15) is 18.0 Å². The number of anilines is 1. The van der Waals surface area contributed by atoms with Crippen molar-refractivity contribution < 1.29 is 18.7 Å². The molecule has 2 amide bonds. The van der Waals surface area contributed by atoms with E-state index in [-0.39, 0.29) is 24.6 Å². The number of amides is 2. The minimum absolute atomic E-state index is 0.102. The van der Waals surface area contributed by atoms with Gasteiger partial charge in [-0.25, -0.2) is 9.18 Å². The zero-order valence-electron chi connectivity index (χ0n) is 12.7. The predicted molar refractivity (Wildman–Crippen MR) is 90.4 cm³/mol. The van der Waals surface area contributed by atoms with Crippen molar-refractivity contribution in [1.29, 1.82) is 5.26 Å². The maximum absolute atomic E-state index is 13.7. The third-order valence-electron chi connectivity index (χ3n) is 3.55. The molecule has 25 heavy (non-hydrogen) atoms. The first-order chi connectivity index (χ1) is 12.0. The molecule has 1 aromatic carbocycles. The lowest BCUT2D eigenvalue weighted by atomic mass is 10.2. The van der Waals surface area contributed by atoms with Crippen molar-refractivity contribution in [1.82, 2.24) is 5.32 Å². The van der Waals surface area contributed by atoms with Crippen molar-refractivity contribution >= 4 is 40.6 Å². The topological polar surface area (TPSA) is 82.4 Å². The smallest absolute Gasteiger partial charge is 0.414 e. The van der Waals surface area contributed by atoms with Gasteiger partial charge in [0.2, 0.25) is 0 Å². The molecule has 1 saturated heterocycles. The van der Waals surface area contributed by atoms with Crippen molar-refractivity contribution in [2.45, 2.75) is 6.10 Å². The van der Waals surface area contributed by atoms with Gasteiger partial charge in [0.05, 0.1) is 33.6 Å². The number of carbonyl (C=O) groups is 2. The summed E-state index contributed by atoms with van der Waals surface area (Å²) in [6.07, 6.45) is -1.20. The van der Waals surface area contributed by atoms with E-state index in [1.807, 2.05) is 0 Å². The first kappa shape index (κ1) is 17.2. The van der Waals surface area contributed by atoms with E-state index in [0.29, 0.717) is 14.9 Å². The van der Waals surface area contributed by atoms with Gasteiger partial charge in [-0.1, -0.05) is 11.6 Å². The Bertz CT molecular complexity index is 880. The third-order valence-corrected chi connectivity index (χ3v) is 4.78. The Morgan fingerprint density at radius 3 is 2.92 bits per heavy atom. The second-order valence-electron chi connectivity index (χ2n) is 5.21. The highest BCUT2D eigenvalue weighted by atomic mass is 35.5. The molecule has 1 aromatic heterocycles. The standard InChI is InChI=1S/C16H11ClFN3O3S/c17-14-4-3-13(25-14)15(22)20-7-11-8-21(16(23)24-11)10-2-1-9(6-19)12(18)5-10/h1-5,11H,7-8H2,(H,20,22)/t11-/m0/s1. The van der Waals surface area contributed by atoms with Gasteiger partial charge in [-0.3, -0.25) is 9.69 Å². The summed E-state index contributed by atoms with van der Waals surface area (Å²) in [6, 6.07) is 8.82. The molecular weight excluding hydrogens is 369 g/mol. The van der Waals surface area contributed by atoms with Crippen molar-refractivity contribution in [3.63, 3.8) is 0 Å². The van der Waals surface area contributed by atoms with Crippen LogP contribution in [0.1, 0.15) is 15.2 Å². The molecule has 0 aliphatic carbocycles. The molecule has 0 spiro atoms. The highest BCUT2D eigenvalue weighted by Crippen LogP contribution is 2.24. The van der Waals surface area contributed by atoms with Crippen molar-refractivity contribution in [2.24, 2.45) is 0 Å². The van der Waals surface area contributed by atoms with Gasteiger partial charge in [0.15, 0.2) is 0 Å². The molecular formula is C16H11ClFN3O3S. The van der Waals surface area contributed by atoms with Crippen LogP contribution in [0.25, 0.3) is 0 Å². The summed E-state index contributed by atoms with van der Waals surface area (Å²) in [7, 11) is 0. The molecule has 1 aliphatic rings. The molecule has 128 valence electrons. The van der Waals surface area contributed by atoms with E-state index in [9.17, 15) is 14.0 Å². The van der Waals surface area contributed by atoms with Gasteiger partial charge in [-0.15, -0.1) is 11.3 Å². The van der Waals surface area contributed by atoms with E-state index in [1.165, 1.54) is 17.0 Å². The number of benzene rings is 1. The average Bonchev–Trinajstić information content (AvgIpc) is 3.18. The van der Waals surface area contributed by atoms with Crippen LogP contribution in [0.5, 0.6) is 0 Å². The zero-order chi connectivity index (χ0) is 18.0. The number of rotatable bonds is 4. The molecule has 0 saturated carbocycles. The minimum atomic E-state index is -0.709. The number of thiophene rings is 1. The Labute approximate surface area is 151 Å². The van der Waals surface area contributed by atoms with Crippen LogP contribution in [0.15, 0.2) is 30.3 Å². The van der Waals surface area contributed by atoms with Crippen molar-refractivity contribution in [3.05, 3.63) is 50.9 Å². The fourth-order valence-corrected chi connectivity index (χ4v) is 3.29. The van der Waals surface area contributed by atoms with Crippen LogP contribution in [0.2, 0.25) is 4.34 Å². The fourth-order valence-electron chi connectivity index (χ4n) is 2.33. The van der Waals surface area contributed by atoms with Crippen LogP contribution in [-0.2, 0) is 4.74 Å². The van der Waals surface area contributed by atoms with E-state index in [2.05, 4.69) is 5.32 Å². The van der Waals surface area contributed by atoms with Gasteiger partial charge in [-0.05, 0) is 30.3 Å². The Hall–Kier alpha value is -2.63. The summed E-state index contributed by atoms with van der Waals surface area (Å²) in [5.74, 6) is -1.02. The zero-order valence-corrected chi connectivity index (χ0v) is 14.2. The van der Waals surface area contributed by atoms with E-state index >= 15 is 0 Å². The molecule has 0 bridgehead atoms. The molecule has 1 N–H and O–H groups in total. The number of carbonyl (C=O) groups excluding carboxylic acids is 2. The van der Waals surface area contributed by atoms with Crippen LogP contribution in [-0.4, -0.2) is 31.2 Å². The number of cyclic esters (lactones) is 1. The van der Waals surface area contributed by atoms with Crippen LogP contribution in [0.4, 0.5) is 14.9 Å². The Morgan fingerprint density at radius 1 is 1.48 bits per heavy atom. The monoisotopic (exact) mass is 379 g/mol. The van der Waals surface area contributed by atoms with Gasteiger partial charge < -0.3 is 10.1 Å². The summed E-state index contributed by atoms with van der Waals surface area (Å²) in [5.41, 5.74) is 0.190. The number of nitriles is 1. The lowest BCUT2D eigenvalue weighted by Crippen LogP contribution is -2.34. The van der Waals surface area contributed by atoms with Gasteiger partial charge in [-0.2, -0.15) is 5.26 Å². The molecule has 1 atom stereocenters. The lowest BCUT2D eigenvalue weighted by Gasteiger charge is -2.13. The second kappa shape index (κ2) is 7.09. The first-order valence-corrected chi connectivity index (χ1v) is 8.38. The second-order valence-corrected chi connectivity index (χ2v) is 6.92. The molecule has 2 heterocycles. The molecule has 6 nitrogen and oxygen atoms in total. The molecule has 1 fully saturated rings. The predicted octanol–water partition coefficient (Wildman–Crippen LogP) is 3.17. The summed E-state index contributed by atoms with van der Waals surface area (Å²) in [5, 5.41) is 11.4. The molecule has 0 unspecified atom stereocenters. The largest absolute Gasteiger partial charge is 0.442 e. The number of ether oxygens (including phenoxy) is 1. The van der Waals surface area contributed by atoms with E-state index in [0.717, 1.165) is 17.4 Å². The van der Waals surface area contributed by atoms with Crippen LogP contribution < -0.4 is 10.2 Å². The van der Waals surface area contributed by atoms with E-state index in [1.54, 1.807) is 18.2 Å². The molecule has 0 radical (unpaired) electrons. The van der Waals surface area contributed by atoms with Gasteiger partial charge >= 0.3 is 6.09 Å². The summed E-state index contributed by atoms with van der Waals surface area (Å²) < 4.78 is 19.4. The first-order valence-electron chi connectivity index (χ1n) is 7.19. The maximum Gasteiger partial charge on any atom is 0.414 e.